The van der Waals surface area contributed by atoms with Gasteiger partial charge >= 0.3 is 0 Å². The van der Waals surface area contributed by atoms with E-state index < -0.39 is 9.84 Å². The molecule has 0 spiro atoms. The van der Waals surface area contributed by atoms with E-state index in [1.54, 1.807) is 24.3 Å². The molecule has 0 fully saturated rings. The van der Waals surface area contributed by atoms with Crippen molar-refractivity contribution in [1.82, 2.24) is 4.98 Å². The molecular formula is C29H23BrN2O4S. The molecule has 0 aliphatic heterocycles. The number of hydrogen-bond acceptors (Lipinski definition) is 6. The van der Waals surface area contributed by atoms with Gasteiger partial charge in [0, 0.05) is 11.0 Å². The average Bonchev–Trinajstić information content (AvgIpc) is 3.34. The third-order valence-corrected chi connectivity index (χ3v) is 7.99. The van der Waals surface area contributed by atoms with Crippen molar-refractivity contribution in [2.24, 2.45) is 0 Å². The van der Waals surface area contributed by atoms with Gasteiger partial charge in [-0.25, -0.2) is 8.42 Å². The van der Waals surface area contributed by atoms with Crippen molar-refractivity contribution in [3.63, 3.8) is 0 Å². The molecule has 0 atom stereocenters. The quantitative estimate of drug-likeness (QED) is 0.205. The molecule has 5 aromatic rings. The van der Waals surface area contributed by atoms with Gasteiger partial charge in [-0.2, -0.15) is 4.98 Å². The molecule has 37 heavy (non-hydrogen) atoms. The molecule has 0 bridgehead atoms. The summed E-state index contributed by atoms with van der Waals surface area (Å²) >= 11 is 3.50. The number of sulfone groups is 1. The van der Waals surface area contributed by atoms with Crippen molar-refractivity contribution in [2.45, 2.75) is 23.4 Å². The largest absolute Gasteiger partial charge is 0.457 e. The number of nitrogens with one attached hydrogen (secondary N) is 1. The van der Waals surface area contributed by atoms with E-state index in [2.05, 4.69) is 26.2 Å². The van der Waals surface area contributed by atoms with Crippen LogP contribution in [0.5, 0.6) is 11.5 Å². The summed E-state index contributed by atoms with van der Waals surface area (Å²) in [5.41, 5.74) is 2.49. The highest BCUT2D eigenvalue weighted by atomic mass is 79.9. The van der Waals surface area contributed by atoms with Crippen molar-refractivity contribution in [2.75, 3.05) is 5.32 Å². The lowest BCUT2D eigenvalue weighted by Gasteiger charge is -2.09. The second-order valence-corrected chi connectivity index (χ2v) is 11.1. The van der Waals surface area contributed by atoms with Gasteiger partial charge in [-0.1, -0.05) is 60.2 Å². The third-order valence-electron chi connectivity index (χ3n) is 5.62. The number of ether oxygens (including phenoxy) is 1. The summed E-state index contributed by atoms with van der Waals surface area (Å²) in [6.07, 6.45) is 0. The Labute approximate surface area is 224 Å². The van der Waals surface area contributed by atoms with E-state index in [1.165, 1.54) is 0 Å². The molecule has 0 saturated carbocycles. The predicted octanol–water partition coefficient (Wildman–Crippen LogP) is 7.65. The molecule has 5 rings (SSSR count). The predicted molar refractivity (Wildman–Crippen MR) is 147 cm³/mol. The first-order chi connectivity index (χ1) is 17.9. The Morgan fingerprint density at radius 3 is 2.32 bits per heavy atom. The van der Waals surface area contributed by atoms with Crippen LogP contribution in [-0.2, 0) is 16.4 Å². The summed E-state index contributed by atoms with van der Waals surface area (Å²) in [4.78, 5) is 4.57. The normalized spacial score (nSPS) is 11.3. The summed E-state index contributed by atoms with van der Waals surface area (Å²) in [6, 6.07) is 31.1. The van der Waals surface area contributed by atoms with Crippen LogP contribution < -0.4 is 10.1 Å². The smallest absolute Gasteiger partial charge is 0.234 e. The SMILES string of the molecule is Cc1ccc(S(=O)(=O)c2nc(-c3ccccc3Br)oc2NCc2cccc(Oc3ccccc3)c2)cc1. The van der Waals surface area contributed by atoms with Crippen molar-refractivity contribution in [3.05, 3.63) is 119 Å². The number of para-hydroxylation sites is 1. The number of halogens is 1. The van der Waals surface area contributed by atoms with Crippen molar-refractivity contribution in [3.8, 4) is 23.0 Å². The van der Waals surface area contributed by atoms with Crippen LogP contribution in [0.4, 0.5) is 5.88 Å². The van der Waals surface area contributed by atoms with E-state index in [9.17, 15) is 8.42 Å². The minimum absolute atomic E-state index is 0.0701. The van der Waals surface area contributed by atoms with E-state index in [0.29, 0.717) is 17.9 Å². The lowest BCUT2D eigenvalue weighted by molar-refractivity contribution is 0.482. The molecule has 1 N–H and O–H groups in total. The van der Waals surface area contributed by atoms with Gasteiger partial charge in [0.15, 0.2) is 0 Å². The van der Waals surface area contributed by atoms with E-state index in [1.807, 2.05) is 85.8 Å². The monoisotopic (exact) mass is 574 g/mol. The van der Waals surface area contributed by atoms with E-state index >= 15 is 0 Å². The fraction of sp³-hybridized carbons (Fsp3) is 0.0690. The zero-order chi connectivity index (χ0) is 25.8. The van der Waals surface area contributed by atoms with Crippen molar-refractivity contribution < 1.29 is 17.6 Å². The summed E-state index contributed by atoms with van der Waals surface area (Å²) in [5.74, 6) is 1.67. The number of hydrogen-bond donors (Lipinski definition) is 1. The molecule has 0 aliphatic rings. The minimum Gasteiger partial charge on any atom is -0.457 e. The number of aromatic nitrogens is 1. The number of rotatable bonds is 8. The number of benzene rings is 4. The van der Waals surface area contributed by atoms with Crippen LogP contribution in [0.25, 0.3) is 11.5 Å². The first-order valence-corrected chi connectivity index (χ1v) is 13.8. The molecule has 0 radical (unpaired) electrons. The standard InChI is InChI=1S/C29H23BrN2O4S/c1-20-14-16-24(17-15-20)37(33,34)29-28(36-27(32-29)25-12-5-6-13-26(25)30)31-19-21-8-7-11-23(18-21)35-22-9-3-2-4-10-22/h2-18,31H,19H2,1H3. The van der Waals surface area contributed by atoms with Crippen molar-refractivity contribution in [1.29, 1.82) is 0 Å². The van der Waals surface area contributed by atoms with Gasteiger partial charge in [0.1, 0.15) is 11.5 Å². The third kappa shape index (κ3) is 5.60. The number of anilines is 1. The number of oxazole rings is 1. The van der Waals surface area contributed by atoms with E-state index in [0.717, 1.165) is 21.3 Å². The first-order valence-electron chi connectivity index (χ1n) is 11.5. The maximum absolute atomic E-state index is 13.6. The van der Waals surface area contributed by atoms with Gasteiger partial charge in [-0.3, -0.25) is 0 Å². The Morgan fingerprint density at radius 1 is 0.865 bits per heavy atom. The second kappa shape index (κ2) is 10.6. The molecule has 8 heteroatoms. The van der Waals surface area contributed by atoms with Crippen LogP contribution >= 0.6 is 15.9 Å². The maximum Gasteiger partial charge on any atom is 0.234 e. The lowest BCUT2D eigenvalue weighted by atomic mass is 10.2. The Morgan fingerprint density at radius 2 is 1.57 bits per heavy atom. The van der Waals surface area contributed by atoms with E-state index in [4.69, 9.17) is 9.15 Å². The second-order valence-electron chi connectivity index (χ2n) is 8.37. The first kappa shape index (κ1) is 24.8. The topological polar surface area (TPSA) is 81.4 Å². The van der Waals surface area contributed by atoms with Gasteiger partial charge in [0.05, 0.1) is 10.5 Å². The van der Waals surface area contributed by atoms with E-state index in [-0.39, 0.29) is 21.7 Å². The minimum atomic E-state index is -3.95. The van der Waals surface area contributed by atoms with Crippen LogP contribution in [-0.4, -0.2) is 13.4 Å². The van der Waals surface area contributed by atoms with Gasteiger partial charge in [0.2, 0.25) is 26.6 Å². The highest BCUT2D eigenvalue weighted by Gasteiger charge is 2.29. The Balaban J connectivity index is 1.47. The number of aryl methyl sites for hydroxylation is 1. The molecule has 1 aromatic heterocycles. The molecule has 0 saturated heterocycles. The van der Waals surface area contributed by atoms with Crippen LogP contribution in [0.2, 0.25) is 0 Å². The molecule has 6 nitrogen and oxygen atoms in total. The molecular weight excluding hydrogens is 552 g/mol. The van der Waals surface area contributed by atoms with Crippen molar-refractivity contribution >= 4 is 31.7 Å². The summed E-state index contributed by atoms with van der Waals surface area (Å²) in [5, 5.41) is 2.97. The average molecular weight is 575 g/mol. The van der Waals surface area contributed by atoms with Gasteiger partial charge < -0.3 is 14.5 Å². The number of nitrogens with zero attached hydrogens (tertiary/aromatic N) is 1. The fourth-order valence-corrected chi connectivity index (χ4v) is 5.44. The Hall–Kier alpha value is -3.88. The van der Waals surface area contributed by atoms with Gasteiger partial charge in [0.25, 0.3) is 0 Å². The summed E-state index contributed by atoms with van der Waals surface area (Å²) < 4.78 is 39.8. The fourth-order valence-electron chi connectivity index (χ4n) is 3.70. The highest BCUT2D eigenvalue weighted by Crippen LogP contribution is 2.35. The molecule has 0 amide bonds. The van der Waals surface area contributed by atoms with Gasteiger partial charge in [-0.15, -0.1) is 0 Å². The Bertz CT molecular complexity index is 1630. The highest BCUT2D eigenvalue weighted by molar-refractivity contribution is 9.10. The zero-order valence-electron chi connectivity index (χ0n) is 19.9. The molecule has 0 unspecified atom stereocenters. The molecule has 4 aromatic carbocycles. The Kier molecular flexibility index (Phi) is 7.12. The van der Waals surface area contributed by atoms with Crippen LogP contribution in [0.3, 0.4) is 0 Å². The van der Waals surface area contributed by atoms with Gasteiger partial charge in [-0.05, 0) is 76.9 Å². The maximum atomic E-state index is 13.6. The zero-order valence-corrected chi connectivity index (χ0v) is 22.3. The molecule has 1 heterocycles. The molecule has 186 valence electrons. The van der Waals surface area contributed by atoms with Crippen LogP contribution in [0.1, 0.15) is 11.1 Å². The van der Waals surface area contributed by atoms with Crippen LogP contribution in [0, 0.1) is 6.92 Å². The lowest BCUT2D eigenvalue weighted by Crippen LogP contribution is -2.07. The summed E-state index contributed by atoms with van der Waals surface area (Å²) in [7, 11) is -3.95. The summed E-state index contributed by atoms with van der Waals surface area (Å²) in [6.45, 7) is 2.20. The molecule has 0 aliphatic carbocycles. The van der Waals surface area contributed by atoms with Crippen LogP contribution in [0.15, 0.2) is 122 Å².